The molecule has 2 heterocycles. The molecule has 1 aliphatic heterocycles. The van der Waals surface area contributed by atoms with E-state index in [1.807, 2.05) is 25.1 Å². The van der Waals surface area contributed by atoms with Crippen LogP contribution in [-0.2, 0) is 9.53 Å². The maximum absolute atomic E-state index is 12.6. The largest absolute Gasteiger partial charge is 0.493 e. The van der Waals surface area contributed by atoms with Crippen LogP contribution in [0.2, 0.25) is 0 Å². The van der Waals surface area contributed by atoms with E-state index in [2.05, 4.69) is 15.3 Å². The lowest BCUT2D eigenvalue weighted by Crippen LogP contribution is -2.26. The molecule has 0 saturated heterocycles. The number of ether oxygens (including phenoxy) is 3. The number of H-pyrrole nitrogens is 1. The Kier molecular flexibility index (Phi) is 6.07. The standard InChI is InChI=1S/C20H24N4O4S/c1-5-8-28-12-7-6-11(9-13(12)26-3)15-14(19(25)27-4)10(2)22-18-16(15)17(21)23-20(29)24-18/h6-7,9,15H,5,8H2,1-4H3,(H4,21,22,23,24,29). The number of hydrogen-bond acceptors (Lipinski definition) is 8. The van der Waals surface area contributed by atoms with Gasteiger partial charge in [-0.25, -0.2) is 9.78 Å². The highest BCUT2D eigenvalue weighted by atomic mass is 32.1. The number of fused-ring (bicyclic) bond motifs is 1. The van der Waals surface area contributed by atoms with Crippen LogP contribution in [-0.4, -0.2) is 36.8 Å². The molecule has 0 fully saturated rings. The summed E-state index contributed by atoms with van der Waals surface area (Å²) in [6.45, 7) is 4.39. The molecule has 0 spiro atoms. The molecule has 4 N–H and O–H groups in total. The average molecular weight is 417 g/mol. The summed E-state index contributed by atoms with van der Waals surface area (Å²) in [6.07, 6.45) is 0.877. The van der Waals surface area contributed by atoms with Gasteiger partial charge in [0, 0.05) is 11.3 Å². The molecule has 1 aromatic carbocycles. The van der Waals surface area contributed by atoms with Crippen LogP contribution in [0.4, 0.5) is 11.6 Å². The monoisotopic (exact) mass is 416 g/mol. The normalized spacial score (nSPS) is 15.4. The first kappa shape index (κ1) is 20.7. The Morgan fingerprint density at radius 2 is 2.07 bits per heavy atom. The highest BCUT2D eigenvalue weighted by Crippen LogP contribution is 2.45. The number of aromatic nitrogens is 2. The lowest BCUT2D eigenvalue weighted by Gasteiger charge is -2.30. The molecule has 1 unspecified atom stereocenters. The van der Waals surface area contributed by atoms with E-state index in [-0.39, 0.29) is 4.77 Å². The molecule has 3 rings (SSSR count). The Labute approximate surface area is 174 Å². The van der Waals surface area contributed by atoms with Gasteiger partial charge in [-0.2, -0.15) is 0 Å². The van der Waals surface area contributed by atoms with Crippen molar-refractivity contribution in [3.63, 3.8) is 0 Å². The van der Waals surface area contributed by atoms with Crippen molar-refractivity contribution in [2.24, 2.45) is 0 Å². The minimum atomic E-state index is -0.521. The third-order valence-corrected chi connectivity index (χ3v) is 4.87. The number of nitrogen functional groups attached to an aromatic ring is 1. The van der Waals surface area contributed by atoms with Crippen LogP contribution in [0.25, 0.3) is 0 Å². The van der Waals surface area contributed by atoms with Crippen molar-refractivity contribution in [2.45, 2.75) is 26.2 Å². The van der Waals surface area contributed by atoms with Gasteiger partial charge in [0.05, 0.1) is 32.3 Å². The van der Waals surface area contributed by atoms with Crippen molar-refractivity contribution in [1.82, 2.24) is 9.97 Å². The number of benzene rings is 1. The summed E-state index contributed by atoms with van der Waals surface area (Å²) in [5, 5.41) is 3.12. The molecule has 1 aromatic heterocycles. The van der Waals surface area contributed by atoms with Gasteiger partial charge in [0.25, 0.3) is 0 Å². The molecule has 9 heteroatoms. The molecule has 8 nitrogen and oxygen atoms in total. The smallest absolute Gasteiger partial charge is 0.336 e. The van der Waals surface area contributed by atoms with E-state index in [1.54, 1.807) is 14.0 Å². The summed E-state index contributed by atoms with van der Waals surface area (Å²) >= 11 is 5.15. The average Bonchev–Trinajstić information content (AvgIpc) is 2.70. The van der Waals surface area contributed by atoms with Gasteiger partial charge in [0.1, 0.15) is 11.6 Å². The van der Waals surface area contributed by atoms with E-state index in [4.69, 9.17) is 32.2 Å². The fourth-order valence-corrected chi connectivity index (χ4v) is 3.60. The minimum Gasteiger partial charge on any atom is -0.493 e. The summed E-state index contributed by atoms with van der Waals surface area (Å²) in [4.78, 5) is 19.9. The quantitative estimate of drug-likeness (QED) is 0.484. The summed E-state index contributed by atoms with van der Waals surface area (Å²) in [5.74, 6) is 1.05. The van der Waals surface area contributed by atoms with Gasteiger partial charge in [0.15, 0.2) is 16.3 Å². The molecule has 29 heavy (non-hydrogen) atoms. The number of esters is 1. The SMILES string of the molecule is CCCOc1ccc(C2C(C(=O)OC)=C(C)Nc3nc(=S)[nH]c(N)c32)cc1OC. The number of nitrogens with one attached hydrogen (secondary N) is 2. The Bertz CT molecular complexity index is 1030. The number of nitrogens with zero attached hydrogens (tertiary/aromatic N) is 1. The molecule has 0 aliphatic carbocycles. The molecule has 1 atom stereocenters. The van der Waals surface area contributed by atoms with Crippen LogP contribution < -0.4 is 20.5 Å². The van der Waals surface area contributed by atoms with Gasteiger partial charge in [-0.1, -0.05) is 13.0 Å². The molecule has 0 bridgehead atoms. The zero-order chi connectivity index (χ0) is 21.1. The van der Waals surface area contributed by atoms with E-state index in [0.717, 1.165) is 12.0 Å². The van der Waals surface area contributed by atoms with Crippen molar-refractivity contribution in [1.29, 1.82) is 0 Å². The fraction of sp³-hybridized carbons (Fsp3) is 0.350. The maximum Gasteiger partial charge on any atom is 0.336 e. The molecular formula is C20H24N4O4S. The molecule has 2 aromatic rings. The van der Waals surface area contributed by atoms with Crippen molar-refractivity contribution >= 4 is 29.8 Å². The molecule has 0 radical (unpaired) electrons. The van der Waals surface area contributed by atoms with E-state index in [1.165, 1.54) is 7.11 Å². The van der Waals surface area contributed by atoms with E-state index >= 15 is 0 Å². The first-order valence-electron chi connectivity index (χ1n) is 9.17. The fourth-order valence-electron chi connectivity index (χ4n) is 3.40. The summed E-state index contributed by atoms with van der Waals surface area (Å²) in [5.41, 5.74) is 8.71. The van der Waals surface area contributed by atoms with Crippen molar-refractivity contribution < 1.29 is 19.0 Å². The zero-order valence-corrected chi connectivity index (χ0v) is 17.6. The first-order chi connectivity index (χ1) is 13.9. The Balaban J connectivity index is 2.22. The highest BCUT2D eigenvalue weighted by Gasteiger charge is 2.36. The number of nitrogens with two attached hydrogens (primary N) is 1. The molecule has 0 saturated carbocycles. The van der Waals surface area contributed by atoms with Crippen LogP contribution in [0.15, 0.2) is 29.5 Å². The number of carbonyl (C=O) groups excluding carboxylic acids is 1. The van der Waals surface area contributed by atoms with Gasteiger partial charge in [-0.05, 0) is 43.3 Å². The summed E-state index contributed by atoms with van der Waals surface area (Å²) in [7, 11) is 2.92. The Hall–Kier alpha value is -3.07. The third-order valence-electron chi connectivity index (χ3n) is 4.68. The van der Waals surface area contributed by atoms with Gasteiger partial charge in [0.2, 0.25) is 0 Å². The van der Waals surface area contributed by atoms with E-state index < -0.39 is 11.9 Å². The lowest BCUT2D eigenvalue weighted by atomic mass is 9.82. The number of rotatable bonds is 6. The number of anilines is 2. The second-order valence-electron chi connectivity index (χ2n) is 6.56. The molecular weight excluding hydrogens is 392 g/mol. The van der Waals surface area contributed by atoms with Crippen molar-refractivity contribution in [2.75, 3.05) is 31.9 Å². The second kappa shape index (κ2) is 8.52. The van der Waals surface area contributed by atoms with Crippen molar-refractivity contribution in [3.05, 3.63) is 45.4 Å². The number of hydrogen-bond donors (Lipinski definition) is 3. The summed E-state index contributed by atoms with van der Waals surface area (Å²) < 4.78 is 16.6. The zero-order valence-electron chi connectivity index (χ0n) is 16.8. The second-order valence-corrected chi connectivity index (χ2v) is 6.95. The van der Waals surface area contributed by atoms with Crippen LogP contribution in [0, 0.1) is 4.77 Å². The van der Waals surface area contributed by atoms with Gasteiger partial charge < -0.3 is 30.2 Å². The number of allylic oxidation sites excluding steroid dienone is 1. The van der Waals surface area contributed by atoms with Gasteiger partial charge in [-0.3, -0.25) is 0 Å². The summed E-state index contributed by atoms with van der Waals surface area (Å²) in [6, 6.07) is 5.54. The van der Waals surface area contributed by atoms with Crippen LogP contribution >= 0.6 is 12.2 Å². The molecule has 1 aliphatic rings. The van der Waals surface area contributed by atoms with E-state index in [9.17, 15) is 4.79 Å². The number of aromatic amines is 1. The van der Waals surface area contributed by atoms with Crippen LogP contribution in [0.3, 0.4) is 0 Å². The number of methoxy groups -OCH3 is 2. The van der Waals surface area contributed by atoms with Crippen LogP contribution in [0.5, 0.6) is 11.5 Å². The predicted molar refractivity (Wildman–Crippen MR) is 113 cm³/mol. The minimum absolute atomic E-state index is 0.253. The first-order valence-corrected chi connectivity index (χ1v) is 9.58. The topological polar surface area (TPSA) is 111 Å². The molecule has 0 amide bonds. The van der Waals surface area contributed by atoms with Gasteiger partial charge in [-0.15, -0.1) is 0 Å². The lowest BCUT2D eigenvalue weighted by molar-refractivity contribution is -0.136. The highest BCUT2D eigenvalue weighted by molar-refractivity contribution is 7.71. The Morgan fingerprint density at radius 3 is 2.72 bits per heavy atom. The Morgan fingerprint density at radius 1 is 1.31 bits per heavy atom. The van der Waals surface area contributed by atoms with E-state index in [0.29, 0.717) is 46.6 Å². The third kappa shape index (κ3) is 3.91. The molecule has 154 valence electrons. The maximum atomic E-state index is 12.6. The predicted octanol–water partition coefficient (Wildman–Crippen LogP) is 3.52. The van der Waals surface area contributed by atoms with Crippen molar-refractivity contribution in [3.8, 4) is 11.5 Å². The number of carbonyl (C=O) groups is 1. The van der Waals surface area contributed by atoms with Gasteiger partial charge >= 0.3 is 5.97 Å². The van der Waals surface area contributed by atoms with Crippen LogP contribution in [0.1, 0.15) is 37.3 Å².